The summed E-state index contributed by atoms with van der Waals surface area (Å²) in [6, 6.07) is 18.1. The van der Waals surface area contributed by atoms with E-state index in [9.17, 15) is 5.11 Å². The minimum Gasteiger partial charge on any atom is -0.491 e. The molecular formula is C22H29ClN2O2. The van der Waals surface area contributed by atoms with Gasteiger partial charge in [-0.3, -0.25) is 0 Å². The second-order valence-electron chi connectivity index (χ2n) is 6.81. The van der Waals surface area contributed by atoms with Crippen LogP contribution in [0.1, 0.15) is 29.5 Å². The number of ether oxygens (including phenoxy) is 1. The molecule has 0 heterocycles. The Kier molecular flexibility index (Phi) is 10.5. The SMILES string of the molecule is CN(C)CC(O)COc1ccccc1CCCCc1ccccc1C#N.Cl. The number of likely N-dealkylation sites (N-methyl/N-ethyl adjacent to an activating group) is 1. The Morgan fingerprint density at radius 3 is 2.26 bits per heavy atom. The molecule has 0 aliphatic rings. The third kappa shape index (κ3) is 8.01. The first-order valence-electron chi connectivity index (χ1n) is 9.11. The number of hydrogen-bond acceptors (Lipinski definition) is 4. The average Bonchev–Trinajstić information content (AvgIpc) is 2.64. The number of benzene rings is 2. The number of rotatable bonds is 10. The van der Waals surface area contributed by atoms with Gasteiger partial charge in [-0.25, -0.2) is 0 Å². The van der Waals surface area contributed by atoms with Gasteiger partial charge < -0.3 is 14.7 Å². The molecule has 5 heteroatoms. The van der Waals surface area contributed by atoms with E-state index in [1.54, 1.807) is 0 Å². The van der Waals surface area contributed by atoms with Crippen molar-refractivity contribution in [2.24, 2.45) is 0 Å². The van der Waals surface area contributed by atoms with Gasteiger partial charge in [0.1, 0.15) is 18.5 Å². The molecule has 27 heavy (non-hydrogen) atoms. The molecular weight excluding hydrogens is 360 g/mol. The Balaban J connectivity index is 0.00000364. The van der Waals surface area contributed by atoms with Crippen LogP contribution >= 0.6 is 12.4 Å². The molecule has 0 amide bonds. The minimum absolute atomic E-state index is 0. The fourth-order valence-corrected chi connectivity index (χ4v) is 2.99. The summed E-state index contributed by atoms with van der Waals surface area (Å²) >= 11 is 0. The topological polar surface area (TPSA) is 56.5 Å². The number of hydrogen-bond donors (Lipinski definition) is 1. The van der Waals surface area contributed by atoms with E-state index in [4.69, 9.17) is 10.00 Å². The highest BCUT2D eigenvalue weighted by molar-refractivity contribution is 5.85. The van der Waals surface area contributed by atoms with Gasteiger partial charge in [-0.15, -0.1) is 12.4 Å². The Bertz CT molecular complexity index is 728. The summed E-state index contributed by atoms with van der Waals surface area (Å²) in [5.41, 5.74) is 3.05. The highest BCUT2D eigenvalue weighted by Gasteiger charge is 2.09. The fourth-order valence-electron chi connectivity index (χ4n) is 2.99. The molecule has 2 aromatic carbocycles. The van der Waals surface area contributed by atoms with Gasteiger partial charge in [0.05, 0.1) is 11.6 Å². The lowest BCUT2D eigenvalue weighted by Gasteiger charge is -2.18. The predicted octanol–water partition coefficient (Wildman–Crippen LogP) is 3.85. The van der Waals surface area contributed by atoms with Gasteiger partial charge in [0.25, 0.3) is 0 Å². The minimum atomic E-state index is -0.500. The maximum Gasteiger partial charge on any atom is 0.122 e. The lowest BCUT2D eigenvalue weighted by atomic mass is 10.00. The Labute approximate surface area is 168 Å². The van der Waals surface area contributed by atoms with E-state index in [1.807, 2.05) is 61.5 Å². The van der Waals surface area contributed by atoms with Crippen molar-refractivity contribution in [3.05, 3.63) is 65.2 Å². The van der Waals surface area contributed by atoms with Crippen LogP contribution in [0.5, 0.6) is 5.75 Å². The van der Waals surface area contributed by atoms with E-state index >= 15 is 0 Å². The quantitative estimate of drug-likeness (QED) is 0.628. The Morgan fingerprint density at radius 2 is 1.59 bits per heavy atom. The first-order chi connectivity index (χ1) is 12.6. The molecule has 0 radical (unpaired) electrons. The second kappa shape index (κ2) is 12.3. The van der Waals surface area contributed by atoms with Crippen molar-refractivity contribution in [1.82, 2.24) is 4.90 Å². The maximum absolute atomic E-state index is 9.97. The highest BCUT2D eigenvalue weighted by Crippen LogP contribution is 2.21. The van der Waals surface area contributed by atoms with Crippen LogP contribution in [0.2, 0.25) is 0 Å². The smallest absolute Gasteiger partial charge is 0.122 e. The van der Waals surface area contributed by atoms with Gasteiger partial charge in [0, 0.05) is 6.54 Å². The fraction of sp³-hybridized carbons (Fsp3) is 0.409. The largest absolute Gasteiger partial charge is 0.491 e. The number of aliphatic hydroxyl groups excluding tert-OH is 1. The second-order valence-corrected chi connectivity index (χ2v) is 6.81. The molecule has 1 unspecified atom stereocenters. The normalized spacial score (nSPS) is 11.5. The highest BCUT2D eigenvalue weighted by atomic mass is 35.5. The average molecular weight is 389 g/mol. The molecule has 1 atom stereocenters. The Morgan fingerprint density at radius 1 is 1.00 bits per heavy atom. The first-order valence-corrected chi connectivity index (χ1v) is 9.11. The van der Waals surface area contributed by atoms with Crippen LogP contribution in [-0.4, -0.2) is 43.4 Å². The van der Waals surface area contributed by atoms with Gasteiger partial charge in [0.15, 0.2) is 0 Å². The zero-order valence-electron chi connectivity index (χ0n) is 16.1. The van der Waals surface area contributed by atoms with Crippen molar-refractivity contribution >= 4 is 12.4 Å². The zero-order chi connectivity index (χ0) is 18.8. The van der Waals surface area contributed by atoms with E-state index in [-0.39, 0.29) is 12.4 Å². The van der Waals surface area contributed by atoms with Crippen LogP contribution in [0.15, 0.2) is 48.5 Å². The summed E-state index contributed by atoms with van der Waals surface area (Å²) in [5.74, 6) is 0.850. The molecule has 2 aromatic rings. The van der Waals surface area contributed by atoms with Crippen LogP contribution in [0.25, 0.3) is 0 Å². The molecule has 0 fully saturated rings. The molecule has 1 N–H and O–H groups in total. The van der Waals surface area contributed by atoms with Crippen molar-refractivity contribution in [3.63, 3.8) is 0 Å². The number of para-hydroxylation sites is 1. The van der Waals surface area contributed by atoms with Crippen molar-refractivity contribution in [2.75, 3.05) is 27.2 Å². The third-order valence-electron chi connectivity index (χ3n) is 4.26. The van der Waals surface area contributed by atoms with Crippen molar-refractivity contribution in [2.45, 2.75) is 31.8 Å². The lowest BCUT2D eigenvalue weighted by molar-refractivity contribution is 0.0827. The van der Waals surface area contributed by atoms with Gasteiger partial charge in [-0.1, -0.05) is 36.4 Å². The van der Waals surface area contributed by atoms with E-state index in [2.05, 4.69) is 12.1 Å². The molecule has 0 aromatic heterocycles. The molecule has 0 aliphatic heterocycles. The summed E-state index contributed by atoms with van der Waals surface area (Å²) in [6.07, 6.45) is 3.39. The predicted molar refractivity (Wildman–Crippen MR) is 112 cm³/mol. The van der Waals surface area contributed by atoms with Crippen LogP contribution in [0.3, 0.4) is 0 Å². The number of unbranched alkanes of at least 4 members (excludes halogenated alkanes) is 1. The zero-order valence-corrected chi connectivity index (χ0v) is 16.9. The standard InChI is InChI=1S/C22H28N2O2.ClH/c1-24(2)16-21(25)17-26-22-14-8-7-12-19(22)11-5-3-9-18-10-4-6-13-20(18)15-23;/h4,6-8,10,12-14,21,25H,3,5,9,11,16-17H2,1-2H3;1H. The van der Waals surface area contributed by atoms with Gasteiger partial charge in [-0.2, -0.15) is 5.26 Å². The first kappa shape index (κ1) is 23.0. The summed E-state index contributed by atoms with van der Waals surface area (Å²) in [4.78, 5) is 1.94. The van der Waals surface area contributed by atoms with Crippen LogP contribution in [0.4, 0.5) is 0 Å². The molecule has 0 aliphatic carbocycles. The Hall–Kier alpha value is -2.06. The van der Waals surface area contributed by atoms with Crippen LogP contribution < -0.4 is 4.74 Å². The summed E-state index contributed by atoms with van der Waals surface area (Å²) in [6.45, 7) is 0.880. The number of nitrogens with zero attached hydrogens (tertiary/aromatic N) is 2. The molecule has 0 saturated carbocycles. The number of aliphatic hydroxyl groups is 1. The molecule has 0 spiro atoms. The molecule has 4 nitrogen and oxygen atoms in total. The van der Waals surface area contributed by atoms with Crippen molar-refractivity contribution in [3.8, 4) is 11.8 Å². The van der Waals surface area contributed by atoms with Crippen molar-refractivity contribution in [1.29, 1.82) is 5.26 Å². The summed E-state index contributed by atoms with van der Waals surface area (Å²) in [7, 11) is 3.86. The van der Waals surface area contributed by atoms with Crippen LogP contribution in [-0.2, 0) is 12.8 Å². The van der Waals surface area contributed by atoms with Gasteiger partial charge in [-0.05, 0) is 63.0 Å². The van der Waals surface area contributed by atoms with Crippen molar-refractivity contribution < 1.29 is 9.84 Å². The van der Waals surface area contributed by atoms with E-state index in [0.717, 1.165) is 48.1 Å². The third-order valence-corrected chi connectivity index (χ3v) is 4.26. The molecule has 2 rings (SSSR count). The van der Waals surface area contributed by atoms with E-state index in [1.165, 1.54) is 0 Å². The number of nitriles is 1. The monoisotopic (exact) mass is 388 g/mol. The van der Waals surface area contributed by atoms with E-state index < -0.39 is 6.10 Å². The van der Waals surface area contributed by atoms with Gasteiger partial charge >= 0.3 is 0 Å². The molecule has 146 valence electrons. The van der Waals surface area contributed by atoms with Gasteiger partial charge in [0.2, 0.25) is 0 Å². The summed E-state index contributed by atoms with van der Waals surface area (Å²) < 4.78 is 5.83. The molecule has 0 saturated heterocycles. The number of halogens is 1. The molecule has 0 bridgehead atoms. The lowest BCUT2D eigenvalue weighted by Crippen LogP contribution is -2.30. The summed E-state index contributed by atoms with van der Waals surface area (Å²) in [5, 5.41) is 19.1. The van der Waals surface area contributed by atoms with E-state index in [0.29, 0.717) is 13.2 Å². The number of aryl methyl sites for hydroxylation is 2. The maximum atomic E-state index is 9.97. The van der Waals surface area contributed by atoms with Crippen LogP contribution in [0, 0.1) is 11.3 Å².